The molecule has 0 aliphatic heterocycles. The Morgan fingerprint density at radius 2 is 1.75 bits per heavy atom. The SMILES string of the molecule is O=CCC(F)(F)F.[NaH]. The van der Waals surface area contributed by atoms with Gasteiger partial charge in [-0.1, -0.05) is 0 Å². The molecule has 44 valence electrons. The fourth-order valence-corrected chi connectivity index (χ4v) is 0.0945. The topological polar surface area (TPSA) is 17.1 Å². The summed E-state index contributed by atoms with van der Waals surface area (Å²) >= 11 is 0. The van der Waals surface area contributed by atoms with Crippen molar-refractivity contribution in [1.29, 1.82) is 0 Å². The summed E-state index contributed by atoms with van der Waals surface area (Å²) in [5.41, 5.74) is 0. The molecule has 0 spiro atoms. The van der Waals surface area contributed by atoms with Crippen molar-refractivity contribution in [2.75, 3.05) is 0 Å². The van der Waals surface area contributed by atoms with Gasteiger partial charge in [0.25, 0.3) is 0 Å². The Balaban J connectivity index is 0. The van der Waals surface area contributed by atoms with E-state index in [0.29, 0.717) is 0 Å². The second-order valence-corrected chi connectivity index (χ2v) is 0.986. The van der Waals surface area contributed by atoms with E-state index in [-0.39, 0.29) is 35.8 Å². The maximum atomic E-state index is 10.8. The Kier molecular flexibility index (Phi) is 6.13. The first-order chi connectivity index (χ1) is 3.06. The van der Waals surface area contributed by atoms with Gasteiger partial charge in [0.2, 0.25) is 0 Å². The summed E-state index contributed by atoms with van der Waals surface area (Å²) in [5, 5.41) is 0. The molecule has 0 saturated carbocycles. The van der Waals surface area contributed by atoms with Gasteiger partial charge in [0.05, 0.1) is 6.42 Å². The number of alkyl halides is 3. The van der Waals surface area contributed by atoms with Crippen LogP contribution >= 0.6 is 0 Å². The van der Waals surface area contributed by atoms with Crippen LogP contribution < -0.4 is 0 Å². The number of hydrogen-bond acceptors (Lipinski definition) is 1. The number of carbonyl (C=O) groups excluding carboxylic acids is 1. The van der Waals surface area contributed by atoms with Crippen LogP contribution in [-0.4, -0.2) is 42.0 Å². The first kappa shape index (κ1) is 11.3. The van der Waals surface area contributed by atoms with Crippen molar-refractivity contribution in [2.45, 2.75) is 12.6 Å². The van der Waals surface area contributed by atoms with Crippen LogP contribution in [0.2, 0.25) is 0 Å². The molecule has 1 nitrogen and oxygen atoms in total. The average Bonchev–Trinajstić information content (AvgIpc) is 1.30. The van der Waals surface area contributed by atoms with E-state index in [1.807, 2.05) is 0 Å². The number of rotatable bonds is 1. The summed E-state index contributed by atoms with van der Waals surface area (Å²) in [7, 11) is 0. The second-order valence-electron chi connectivity index (χ2n) is 0.986. The van der Waals surface area contributed by atoms with E-state index in [1.165, 1.54) is 0 Å². The minimum absolute atomic E-state index is 0. The molecule has 0 unspecified atom stereocenters. The van der Waals surface area contributed by atoms with Crippen LogP contribution in [0, 0.1) is 0 Å². The zero-order chi connectivity index (χ0) is 5.91. The fourth-order valence-electron chi connectivity index (χ4n) is 0.0945. The molecule has 0 radical (unpaired) electrons. The van der Waals surface area contributed by atoms with Crippen LogP contribution in [0.15, 0.2) is 0 Å². The van der Waals surface area contributed by atoms with Gasteiger partial charge in [-0.2, -0.15) is 13.2 Å². The van der Waals surface area contributed by atoms with Crippen LogP contribution in [0.5, 0.6) is 0 Å². The maximum absolute atomic E-state index is 10.8. The van der Waals surface area contributed by atoms with Gasteiger partial charge in [-0.25, -0.2) is 0 Å². The number of carbonyl (C=O) groups is 1. The molecule has 0 rings (SSSR count). The van der Waals surface area contributed by atoms with Crippen molar-refractivity contribution < 1.29 is 18.0 Å². The average molecular weight is 136 g/mol. The predicted octanol–water partition coefficient (Wildman–Crippen LogP) is 0.489. The monoisotopic (exact) mass is 136 g/mol. The fraction of sp³-hybridized carbons (Fsp3) is 0.667. The third-order valence-electron chi connectivity index (χ3n) is 0.315. The molecule has 0 atom stereocenters. The summed E-state index contributed by atoms with van der Waals surface area (Å²) in [6, 6.07) is 0. The zero-order valence-corrected chi connectivity index (χ0v) is 3.33. The molecule has 0 saturated heterocycles. The molecule has 0 bridgehead atoms. The van der Waals surface area contributed by atoms with E-state index in [9.17, 15) is 13.2 Å². The van der Waals surface area contributed by atoms with E-state index in [2.05, 4.69) is 0 Å². The number of aldehydes is 1. The molecule has 5 heteroatoms. The van der Waals surface area contributed by atoms with Crippen LogP contribution in [0.4, 0.5) is 13.2 Å². The summed E-state index contributed by atoms with van der Waals surface area (Å²) in [6.45, 7) is 0. The molecule has 0 aromatic carbocycles. The van der Waals surface area contributed by atoms with Gasteiger partial charge < -0.3 is 4.79 Å². The van der Waals surface area contributed by atoms with Crippen molar-refractivity contribution in [3.05, 3.63) is 0 Å². The molecule has 0 aliphatic carbocycles. The Morgan fingerprint density at radius 1 is 1.38 bits per heavy atom. The summed E-state index contributed by atoms with van der Waals surface area (Å²) in [6.07, 6.45) is -5.82. The van der Waals surface area contributed by atoms with E-state index in [1.54, 1.807) is 0 Å². The quantitative estimate of drug-likeness (QED) is 0.378. The molecular formula is C3H4F3NaO. The standard InChI is InChI=1S/C3H3F3O.Na.H/c4-3(5,6)1-2-7;;/h2H,1H2;;. The Labute approximate surface area is 66.5 Å². The second kappa shape index (κ2) is 4.35. The number of halogens is 3. The molecule has 0 amide bonds. The molecule has 0 aliphatic rings. The van der Waals surface area contributed by atoms with E-state index in [0.717, 1.165) is 0 Å². The van der Waals surface area contributed by atoms with Crippen molar-refractivity contribution in [1.82, 2.24) is 0 Å². The predicted molar refractivity (Wildman–Crippen MR) is 23.9 cm³/mol. The van der Waals surface area contributed by atoms with Gasteiger partial charge in [0.1, 0.15) is 6.29 Å². The van der Waals surface area contributed by atoms with Crippen molar-refractivity contribution in [2.24, 2.45) is 0 Å². The van der Waals surface area contributed by atoms with Crippen LogP contribution in [0.1, 0.15) is 6.42 Å². The Bertz CT molecular complexity index is 69.4. The van der Waals surface area contributed by atoms with E-state index >= 15 is 0 Å². The third kappa shape index (κ3) is 9.68. The summed E-state index contributed by atoms with van der Waals surface area (Å²) in [4.78, 5) is 9.10. The molecule has 0 fully saturated rings. The summed E-state index contributed by atoms with van der Waals surface area (Å²) < 4.78 is 32.5. The van der Waals surface area contributed by atoms with Gasteiger partial charge in [0, 0.05) is 0 Å². The first-order valence-electron chi connectivity index (χ1n) is 1.56. The van der Waals surface area contributed by atoms with Crippen molar-refractivity contribution in [3.8, 4) is 0 Å². The zero-order valence-electron chi connectivity index (χ0n) is 3.33. The van der Waals surface area contributed by atoms with Crippen LogP contribution in [-0.2, 0) is 4.79 Å². The Hall–Kier alpha value is 0.460. The minimum atomic E-state index is -4.32. The van der Waals surface area contributed by atoms with Gasteiger partial charge in [-0.15, -0.1) is 0 Å². The van der Waals surface area contributed by atoms with Gasteiger partial charge in [-0.05, 0) is 0 Å². The van der Waals surface area contributed by atoms with E-state index in [4.69, 9.17) is 4.79 Å². The number of hydrogen-bond donors (Lipinski definition) is 0. The van der Waals surface area contributed by atoms with Gasteiger partial charge in [-0.3, -0.25) is 0 Å². The van der Waals surface area contributed by atoms with E-state index < -0.39 is 12.6 Å². The Morgan fingerprint density at radius 3 is 1.75 bits per heavy atom. The molecule has 0 aromatic heterocycles. The molecular weight excluding hydrogens is 132 g/mol. The van der Waals surface area contributed by atoms with Crippen molar-refractivity contribution in [3.63, 3.8) is 0 Å². The third-order valence-corrected chi connectivity index (χ3v) is 0.315. The molecule has 0 heterocycles. The van der Waals surface area contributed by atoms with Crippen LogP contribution in [0.25, 0.3) is 0 Å². The molecule has 0 N–H and O–H groups in total. The summed E-state index contributed by atoms with van der Waals surface area (Å²) in [5.74, 6) is 0. The van der Waals surface area contributed by atoms with Gasteiger partial charge >= 0.3 is 35.7 Å². The van der Waals surface area contributed by atoms with Crippen molar-refractivity contribution >= 4 is 35.8 Å². The first-order valence-corrected chi connectivity index (χ1v) is 1.56. The van der Waals surface area contributed by atoms with Crippen LogP contribution in [0.3, 0.4) is 0 Å². The molecule has 0 aromatic rings. The van der Waals surface area contributed by atoms with Gasteiger partial charge in [0.15, 0.2) is 0 Å². The normalized spacial score (nSPS) is 9.88. The molecule has 8 heavy (non-hydrogen) atoms.